The number of carbonyl (C=O) groups is 2. The highest BCUT2D eigenvalue weighted by molar-refractivity contribution is 6.67. The fourth-order valence-electron chi connectivity index (χ4n) is 5.21. The second-order valence-corrected chi connectivity index (χ2v) is 13.8. The summed E-state index contributed by atoms with van der Waals surface area (Å²) in [5.74, 6) is 1.42. The third kappa shape index (κ3) is 7.10. The van der Waals surface area contributed by atoms with Crippen LogP contribution in [0, 0.1) is 0 Å². The maximum Gasteiger partial charge on any atom is 0.410 e. The predicted octanol–water partition coefficient (Wildman–Crippen LogP) is 7.18. The summed E-state index contributed by atoms with van der Waals surface area (Å²) < 4.78 is 9.10. The van der Waals surface area contributed by atoms with Gasteiger partial charge in [-0.1, -0.05) is 59.1 Å². The molecule has 13 heteroatoms. The molecule has 0 unspecified atom stereocenters. The number of imidazole rings is 2. The summed E-state index contributed by atoms with van der Waals surface area (Å²) in [4.78, 5) is 44.7. The Kier molecular flexibility index (Phi) is 8.46. The SMILES string of the molecule is CC(C)(C)OC(=O)N1CCC[C@H]1c1nc(-c2ccc(-c3c[nH]c([C@@H]4CCCN4C(=O)OCC(Cl)(Cl)Cl)n3)cc2)c[nH]1. The molecule has 4 heterocycles. The molecular formula is C28H33Cl3N6O4. The summed E-state index contributed by atoms with van der Waals surface area (Å²) in [5.41, 5.74) is 2.86. The molecule has 2 N–H and O–H groups in total. The molecule has 2 aliphatic rings. The van der Waals surface area contributed by atoms with E-state index in [2.05, 4.69) is 9.97 Å². The number of carbonyl (C=O) groups excluding carboxylic acids is 2. The van der Waals surface area contributed by atoms with Crippen LogP contribution < -0.4 is 0 Å². The van der Waals surface area contributed by atoms with Gasteiger partial charge in [-0.2, -0.15) is 0 Å². The van der Waals surface area contributed by atoms with Gasteiger partial charge < -0.3 is 19.4 Å². The summed E-state index contributed by atoms with van der Waals surface area (Å²) >= 11 is 17.2. The maximum atomic E-state index is 12.7. The van der Waals surface area contributed by atoms with Crippen molar-refractivity contribution in [3.05, 3.63) is 48.3 Å². The van der Waals surface area contributed by atoms with Gasteiger partial charge in [0.25, 0.3) is 0 Å². The second kappa shape index (κ2) is 11.7. The molecule has 0 radical (unpaired) electrons. The molecular weight excluding hydrogens is 591 g/mol. The molecule has 2 aromatic heterocycles. The summed E-state index contributed by atoms with van der Waals surface area (Å²) in [6.45, 7) is 6.46. The van der Waals surface area contributed by atoms with Gasteiger partial charge in [-0.15, -0.1) is 0 Å². The lowest BCUT2D eigenvalue weighted by atomic mass is 10.1. The molecule has 0 spiro atoms. The number of nitrogens with zero attached hydrogens (tertiary/aromatic N) is 4. The molecule has 5 rings (SSSR count). The van der Waals surface area contributed by atoms with Gasteiger partial charge in [0.1, 0.15) is 23.9 Å². The normalized spacial score (nSPS) is 19.6. The van der Waals surface area contributed by atoms with Gasteiger partial charge in [-0.3, -0.25) is 9.80 Å². The van der Waals surface area contributed by atoms with Crippen LogP contribution in [0.1, 0.15) is 70.2 Å². The average molecular weight is 624 g/mol. The van der Waals surface area contributed by atoms with E-state index in [-0.39, 0.29) is 24.8 Å². The van der Waals surface area contributed by atoms with Crippen molar-refractivity contribution in [2.75, 3.05) is 19.7 Å². The number of aromatic amines is 2. The third-order valence-corrected chi connectivity index (χ3v) is 7.36. The standard InChI is InChI=1S/C28H33Cl3N6O4/c1-27(2,3)41-26(39)37-13-5-7-22(37)24-33-15-20(35-24)18-10-8-17(9-11-18)19-14-32-23(34-19)21-6-4-12-36(21)25(38)40-16-28(29,30)31/h8-11,14-15,21-22H,4-7,12-13,16H2,1-3H3,(H,32,34)(H,33,35)/t21-,22-/m0/s1. The highest BCUT2D eigenvalue weighted by Crippen LogP contribution is 2.35. The van der Waals surface area contributed by atoms with Crippen molar-refractivity contribution in [1.82, 2.24) is 29.7 Å². The van der Waals surface area contributed by atoms with Crippen LogP contribution in [0.3, 0.4) is 0 Å². The number of ether oxygens (including phenoxy) is 2. The Morgan fingerprint density at radius 3 is 1.76 bits per heavy atom. The van der Waals surface area contributed by atoms with Crippen LogP contribution in [-0.2, 0) is 9.47 Å². The van der Waals surface area contributed by atoms with Crippen molar-refractivity contribution in [3.8, 4) is 22.5 Å². The summed E-state index contributed by atoms with van der Waals surface area (Å²) in [7, 11) is 0. The zero-order chi connectivity index (χ0) is 29.4. The van der Waals surface area contributed by atoms with E-state index in [1.807, 2.05) is 57.4 Å². The largest absolute Gasteiger partial charge is 0.445 e. The Balaban J connectivity index is 1.25. The summed E-state index contributed by atoms with van der Waals surface area (Å²) in [6, 6.07) is 7.54. The number of benzene rings is 1. The van der Waals surface area contributed by atoms with Crippen LogP contribution >= 0.6 is 34.8 Å². The van der Waals surface area contributed by atoms with E-state index in [0.717, 1.165) is 54.0 Å². The summed E-state index contributed by atoms with van der Waals surface area (Å²) in [5, 5.41) is 0. The number of likely N-dealkylation sites (tertiary alicyclic amines) is 2. The number of nitrogens with one attached hydrogen (secondary N) is 2. The van der Waals surface area contributed by atoms with Crippen molar-refractivity contribution >= 4 is 47.0 Å². The first kappa shape index (κ1) is 29.5. The van der Waals surface area contributed by atoms with Crippen LogP contribution in [0.2, 0.25) is 0 Å². The predicted molar refractivity (Wildman–Crippen MR) is 157 cm³/mol. The van der Waals surface area contributed by atoms with Gasteiger partial charge in [0.2, 0.25) is 3.79 Å². The van der Waals surface area contributed by atoms with Crippen molar-refractivity contribution < 1.29 is 19.1 Å². The zero-order valence-electron chi connectivity index (χ0n) is 23.1. The number of hydrogen-bond donors (Lipinski definition) is 2. The fraction of sp³-hybridized carbons (Fsp3) is 0.500. The molecule has 2 atom stereocenters. The number of rotatable bonds is 5. The molecule has 2 saturated heterocycles. The van der Waals surface area contributed by atoms with E-state index in [0.29, 0.717) is 18.9 Å². The number of alkyl halides is 3. The van der Waals surface area contributed by atoms with Gasteiger partial charge in [0, 0.05) is 36.6 Å². The van der Waals surface area contributed by atoms with E-state index in [4.69, 9.17) is 54.2 Å². The number of amides is 2. The lowest BCUT2D eigenvalue weighted by Crippen LogP contribution is -2.36. The molecule has 220 valence electrons. The van der Waals surface area contributed by atoms with E-state index < -0.39 is 15.5 Å². The number of halogens is 3. The zero-order valence-corrected chi connectivity index (χ0v) is 25.4. The number of hydrogen-bond acceptors (Lipinski definition) is 6. The third-order valence-electron chi connectivity index (χ3n) is 7.03. The van der Waals surface area contributed by atoms with Crippen LogP contribution in [0.5, 0.6) is 0 Å². The Morgan fingerprint density at radius 2 is 1.32 bits per heavy atom. The van der Waals surface area contributed by atoms with Gasteiger partial charge in [0.05, 0.1) is 23.5 Å². The maximum absolute atomic E-state index is 12.7. The summed E-state index contributed by atoms with van der Waals surface area (Å²) in [6.07, 6.45) is 6.13. The minimum absolute atomic E-state index is 0.143. The highest BCUT2D eigenvalue weighted by atomic mass is 35.6. The molecule has 3 aromatic rings. The Labute approximate surface area is 253 Å². The first-order chi connectivity index (χ1) is 19.4. The monoisotopic (exact) mass is 622 g/mol. The highest BCUT2D eigenvalue weighted by Gasteiger charge is 2.36. The molecule has 0 bridgehead atoms. The molecule has 0 aliphatic carbocycles. The minimum atomic E-state index is -1.66. The van der Waals surface area contributed by atoms with Crippen LogP contribution in [-0.4, -0.2) is 71.0 Å². The van der Waals surface area contributed by atoms with Crippen LogP contribution in [0.15, 0.2) is 36.7 Å². The van der Waals surface area contributed by atoms with Crippen LogP contribution in [0.4, 0.5) is 9.59 Å². The Hall–Kier alpha value is -2.95. The molecule has 0 saturated carbocycles. The molecule has 2 aliphatic heterocycles. The van der Waals surface area contributed by atoms with E-state index in [1.165, 1.54) is 0 Å². The number of aromatic nitrogens is 4. The van der Waals surface area contributed by atoms with E-state index in [9.17, 15) is 9.59 Å². The van der Waals surface area contributed by atoms with Gasteiger partial charge >= 0.3 is 12.2 Å². The van der Waals surface area contributed by atoms with Crippen molar-refractivity contribution in [1.29, 1.82) is 0 Å². The van der Waals surface area contributed by atoms with Gasteiger partial charge in [-0.25, -0.2) is 19.6 Å². The topological polar surface area (TPSA) is 116 Å². The van der Waals surface area contributed by atoms with Gasteiger partial charge in [0.15, 0.2) is 0 Å². The second-order valence-electron chi connectivity index (χ2n) is 11.3. The first-order valence-corrected chi connectivity index (χ1v) is 14.7. The van der Waals surface area contributed by atoms with Crippen molar-refractivity contribution in [2.45, 2.75) is 67.9 Å². The molecule has 2 amide bonds. The van der Waals surface area contributed by atoms with E-state index >= 15 is 0 Å². The number of H-pyrrole nitrogens is 2. The lowest BCUT2D eigenvalue weighted by Gasteiger charge is -2.27. The Bertz CT molecular complexity index is 1380. The van der Waals surface area contributed by atoms with Crippen LogP contribution in [0.25, 0.3) is 22.5 Å². The first-order valence-electron chi connectivity index (χ1n) is 13.6. The Morgan fingerprint density at radius 1 is 0.854 bits per heavy atom. The quantitative estimate of drug-likeness (QED) is 0.291. The smallest absolute Gasteiger partial charge is 0.410 e. The molecule has 2 fully saturated rings. The minimum Gasteiger partial charge on any atom is -0.445 e. The molecule has 1 aromatic carbocycles. The molecule has 10 nitrogen and oxygen atoms in total. The van der Waals surface area contributed by atoms with E-state index in [1.54, 1.807) is 9.80 Å². The molecule has 41 heavy (non-hydrogen) atoms. The van der Waals surface area contributed by atoms with Crippen molar-refractivity contribution in [3.63, 3.8) is 0 Å². The van der Waals surface area contributed by atoms with Crippen molar-refractivity contribution in [2.24, 2.45) is 0 Å². The average Bonchev–Trinajstić information content (AvgIpc) is 3.71. The fourth-order valence-corrected chi connectivity index (χ4v) is 5.37. The van der Waals surface area contributed by atoms with Gasteiger partial charge in [-0.05, 0) is 46.5 Å². The lowest BCUT2D eigenvalue weighted by molar-refractivity contribution is 0.0218.